The Kier molecular flexibility index (Phi) is 26.1. The largest absolute Gasteiger partial charge is 0.465 e. The number of nitrogens with one attached hydrogen (secondary N) is 1. The van der Waals surface area contributed by atoms with Crippen LogP contribution in [0.25, 0.3) is 0 Å². The maximum atomic E-state index is 12.6. The van der Waals surface area contributed by atoms with E-state index in [1.165, 1.54) is 83.5 Å². The lowest BCUT2D eigenvalue weighted by molar-refractivity contribution is -0.149. The number of esters is 1. The molecule has 0 amide bonds. The van der Waals surface area contributed by atoms with Gasteiger partial charge in [-0.2, -0.15) is 0 Å². The normalized spacial score (nSPS) is 12.2. The molecule has 0 saturated carbocycles. The van der Waals surface area contributed by atoms with E-state index >= 15 is 0 Å². The first-order valence-electron chi connectivity index (χ1n) is 14.2. The Morgan fingerprint density at radius 2 is 1.12 bits per heavy atom. The highest BCUT2D eigenvalue weighted by atomic mass is 16.5. The Morgan fingerprint density at radius 1 is 0.656 bits per heavy atom. The van der Waals surface area contributed by atoms with E-state index in [1.54, 1.807) is 0 Å². The van der Waals surface area contributed by atoms with Gasteiger partial charge < -0.3 is 15.2 Å². The van der Waals surface area contributed by atoms with Crippen LogP contribution in [0.2, 0.25) is 0 Å². The molecule has 0 heterocycles. The molecular formula is C28H57NO3. The molecule has 2 N–H and O–H groups in total. The number of carbonyl (C=O) groups excluding carboxylic acids is 1. The minimum Gasteiger partial charge on any atom is -0.465 e. The number of hydrogen-bond donors (Lipinski definition) is 2. The Morgan fingerprint density at radius 3 is 1.72 bits per heavy atom. The minimum absolute atomic E-state index is 0.0699. The predicted molar refractivity (Wildman–Crippen MR) is 138 cm³/mol. The molecule has 0 radical (unpaired) electrons. The average molecular weight is 456 g/mol. The number of rotatable bonds is 26. The van der Waals surface area contributed by atoms with E-state index in [1.807, 2.05) is 0 Å². The summed E-state index contributed by atoms with van der Waals surface area (Å²) in [7, 11) is 0. The first kappa shape index (κ1) is 31.4. The molecule has 0 aromatic heterocycles. The molecule has 0 aromatic rings. The monoisotopic (exact) mass is 455 g/mol. The molecule has 4 nitrogen and oxygen atoms in total. The van der Waals surface area contributed by atoms with Gasteiger partial charge in [0.1, 0.15) is 0 Å². The number of ether oxygens (including phenoxy) is 1. The van der Waals surface area contributed by atoms with Gasteiger partial charge in [0.25, 0.3) is 0 Å². The highest BCUT2D eigenvalue weighted by molar-refractivity contribution is 5.72. The summed E-state index contributed by atoms with van der Waals surface area (Å²) in [6.07, 6.45) is 23.7. The zero-order chi connectivity index (χ0) is 23.5. The number of aliphatic hydroxyl groups excluding tert-OH is 1. The van der Waals surface area contributed by atoms with E-state index in [2.05, 4.69) is 19.2 Å². The molecular weight excluding hydrogens is 398 g/mol. The average Bonchev–Trinajstić information content (AvgIpc) is 2.80. The van der Waals surface area contributed by atoms with Crippen LogP contribution in [0.15, 0.2) is 0 Å². The summed E-state index contributed by atoms with van der Waals surface area (Å²) in [5, 5.41) is 12.2. The van der Waals surface area contributed by atoms with Gasteiger partial charge in [0.15, 0.2) is 0 Å². The van der Waals surface area contributed by atoms with Crippen molar-refractivity contribution in [2.24, 2.45) is 5.92 Å². The molecule has 0 spiro atoms. The van der Waals surface area contributed by atoms with Gasteiger partial charge in [0.2, 0.25) is 0 Å². The lowest BCUT2D eigenvalue weighted by Gasteiger charge is -2.16. The van der Waals surface area contributed by atoms with Crippen LogP contribution in [0.3, 0.4) is 0 Å². The van der Waals surface area contributed by atoms with E-state index in [4.69, 9.17) is 9.84 Å². The van der Waals surface area contributed by atoms with Gasteiger partial charge in [0, 0.05) is 6.61 Å². The van der Waals surface area contributed by atoms with Crippen molar-refractivity contribution in [3.63, 3.8) is 0 Å². The molecule has 0 fully saturated rings. The van der Waals surface area contributed by atoms with Crippen molar-refractivity contribution in [3.05, 3.63) is 0 Å². The molecule has 0 aliphatic carbocycles. The number of hydrogen-bond acceptors (Lipinski definition) is 4. The van der Waals surface area contributed by atoms with Crippen molar-refractivity contribution in [1.82, 2.24) is 5.32 Å². The first-order valence-corrected chi connectivity index (χ1v) is 14.2. The lowest BCUT2D eigenvalue weighted by atomic mass is 9.94. The van der Waals surface area contributed by atoms with Crippen LogP contribution in [0.4, 0.5) is 0 Å². The van der Waals surface area contributed by atoms with E-state index in [0.29, 0.717) is 13.2 Å². The van der Waals surface area contributed by atoms with Crippen molar-refractivity contribution < 1.29 is 14.6 Å². The smallest absolute Gasteiger partial charge is 0.308 e. The number of unbranched alkanes of at least 4 members (excludes halogenated alkanes) is 14. The van der Waals surface area contributed by atoms with Crippen LogP contribution in [-0.2, 0) is 9.53 Å². The SMILES string of the molecule is CCCCCCCCC(CCCCCC)C(=O)OCCCCCCCNCCCCCO. The fourth-order valence-corrected chi connectivity index (χ4v) is 4.21. The van der Waals surface area contributed by atoms with Crippen LogP contribution >= 0.6 is 0 Å². The second kappa shape index (κ2) is 26.6. The van der Waals surface area contributed by atoms with E-state index in [9.17, 15) is 4.79 Å². The molecule has 0 bridgehead atoms. The van der Waals surface area contributed by atoms with E-state index in [-0.39, 0.29) is 11.9 Å². The van der Waals surface area contributed by atoms with Crippen LogP contribution in [0, 0.1) is 5.92 Å². The van der Waals surface area contributed by atoms with Gasteiger partial charge in [-0.3, -0.25) is 4.79 Å². The zero-order valence-corrected chi connectivity index (χ0v) is 21.8. The Hall–Kier alpha value is -0.610. The lowest BCUT2D eigenvalue weighted by Crippen LogP contribution is -2.19. The van der Waals surface area contributed by atoms with Gasteiger partial charge in [-0.15, -0.1) is 0 Å². The standard InChI is InChI=1S/C28H57NO3/c1-3-5-7-9-11-16-22-27(21-15-8-6-4-2)28(31)32-26-20-13-10-12-17-23-29-24-18-14-19-25-30/h27,29-30H,3-26H2,1-2H3. The summed E-state index contributed by atoms with van der Waals surface area (Å²) >= 11 is 0. The summed E-state index contributed by atoms with van der Waals surface area (Å²) in [6.45, 7) is 7.56. The number of aliphatic hydroxyl groups is 1. The molecule has 1 atom stereocenters. The maximum absolute atomic E-state index is 12.6. The second-order valence-corrected chi connectivity index (χ2v) is 9.57. The van der Waals surface area contributed by atoms with Gasteiger partial charge in [-0.1, -0.05) is 97.3 Å². The summed E-state index contributed by atoms with van der Waals surface area (Å²) < 4.78 is 5.68. The third kappa shape index (κ3) is 22.6. The molecule has 32 heavy (non-hydrogen) atoms. The summed E-state index contributed by atoms with van der Waals surface area (Å²) in [5.74, 6) is 0.196. The third-order valence-electron chi connectivity index (χ3n) is 6.40. The predicted octanol–water partition coefficient (Wildman–Crippen LogP) is 7.57. The van der Waals surface area contributed by atoms with E-state index in [0.717, 1.165) is 58.0 Å². The molecule has 192 valence electrons. The van der Waals surface area contributed by atoms with Crippen molar-refractivity contribution in [2.45, 2.75) is 142 Å². The quantitative estimate of drug-likeness (QED) is 0.104. The highest BCUT2D eigenvalue weighted by Crippen LogP contribution is 2.20. The maximum Gasteiger partial charge on any atom is 0.308 e. The third-order valence-corrected chi connectivity index (χ3v) is 6.40. The zero-order valence-electron chi connectivity index (χ0n) is 21.8. The molecule has 0 saturated heterocycles. The van der Waals surface area contributed by atoms with Crippen molar-refractivity contribution >= 4 is 5.97 Å². The molecule has 0 aliphatic heterocycles. The fourth-order valence-electron chi connectivity index (χ4n) is 4.21. The van der Waals surface area contributed by atoms with Crippen molar-refractivity contribution in [2.75, 3.05) is 26.3 Å². The highest BCUT2D eigenvalue weighted by Gasteiger charge is 2.19. The van der Waals surface area contributed by atoms with Crippen LogP contribution in [0.5, 0.6) is 0 Å². The molecule has 4 heteroatoms. The molecule has 0 aliphatic rings. The van der Waals surface area contributed by atoms with Gasteiger partial charge in [-0.05, 0) is 58.0 Å². The van der Waals surface area contributed by atoms with Gasteiger partial charge in [-0.25, -0.2) is 0 Å². The molecule has 0 aromatic carbocycles. The topological polar surface area (TPSA) is 58.6 Å². The van der Waals surface area contributed by atoms with Crippen LogP contribution < -0.4 is 5.32 Å². The van der Waals surface area contributed by atoms with Gasteiger partial charge >= 0.3 is 5.97 Å². The Bertz CT molecular complexity index is 376. The first-order chi connectivity index (χ1) is 15.8. The second-order valence-electron chi connectivity index (χ2n) is 9.57. The molecule has 1 unspecified atom stereocenters. The Balaban J connectivity index is 3.77. The van der Waals surface area contributed by atoms with Crippen LogP contribution in [0.1, 0.15) is 142 Å². The van der Waals surface area contributed by atoms with Gasteiger partial charge in [0.05, 0.1) is 12.5 Å². The summed E-state index contributed by atoms with van der Waals surface area (Å²) in [6, 6.07) is 0. The molecule has 0 rings (SSSR count). The summed E-state index contributed by atoms with van der Waals surface area (Å²) in [5.41, 5.74) is 0. The minimum atomic E-state index is 0.0699. The van der Waals surface area contributed by atoms with Crippen molar-refractivity contribution in [1.29, 1.82) is 0 Å². The van der Waals surface area contributed by atoms with E-state index < -0.39 is 0 Å². The van der Waals surface area contributed by atoms with Crippen LogP contribution in [-0.4, -0.2) is 37.4 Å². The number of carbonyl (C=O) groups is 1. The Labute approximate surface area is 200 Å². The van der Waals surface area contributed by atoms with Crippen molar-refractivity contribution in [3.8, 4) is 0 Å². The summed E-state index contributed by atoms with van der Waals surface area (Å²) in [4.78, 5) is 12.6. The fraction of sp³-hybridized carbons (Fsp3) is 0.964.